The van der Waals surface area contributed by atoms with Crippen LogP contribution >= 0.6 is 24.0 Å². The maximum atomic E-state index is 12.0. The minimum Gasteiger partial charge on any atom is -0.349 e. The van der Waals surface area contributed by atoms with Crippen LogP contribution in [0.5, 0.6) is 0 Å². The number of nitrogens with zero attached hydrogens (tertiary/aromatic N) is 1. The molecule has 0 bridgehead atoms. The molecule has 1 atom stereocenters. The van der Waals surface area contributed by atoms with Crippen LogP contribution in [0, 0.1) is 12.8 Å². The standard InChI is InChI=1S/C13H22ClN3O2.ClH/c1-8(2)13(4,7-15)16-11(18)6-5-10-9(3)17-19-12(10)14;/h8H,5-7,15H2,1-4H3,(H,16,18);1H. The Morgan fingerprint density at radius 2 is 2.15 bits per heavy atom. The highest BCUT2D eigenvalue weighted by atomic mass is 35.5. The van der Waals surface area contributed by atoms with Crippen molar-refractivity contribution >= 4 is 29.9 Å². The van der Waals surface area contributed by atoms with E-state index in [9.17, 15) is 4.79 Å². The van der Waals surface area contributed by atoms with Gasteiger partial charge in [0, 0.05) is 18.5 Å². The molecule has 0 aromatic carbocycles. The molecule has 1 unspecified atom stereocenters. The van der Waals surface area contributed by atoms with Crippen molar-refractivity contribution in [2.45, 2.75) is 46.1 Å². The predicted molar refractivity (Wildman–Crippen MR) is 82.3 cm³/mol. The third kappa shape index (κ3) is 4.65. The topological polar surface area (TPSA) is 81.2 Å². The van der Waals surface area contributed by atoms with Gasteiger partial charge in [-0.2, -0.15) is 0 Å². The van der Waals surface area contributed by atoms with Crippen LogP contribution in [0.4, 0.5) is 0 Å². The first-order valence-corrected chi connectivity index (χ1v) is 6.79. The number of halogens is 2. The Bertz CT molecular complexity index is 429. The molecule has 0 radical (unpaired) electrons. The molecule has 0 saturated heterocycles. The molecule has 1 aromatic heterocycles. The first-order chi connectivity index (χ1) is 8.80. The smallest absolute Gasteiger partial charge is 0.229 e. The second kappa shape index (κ2) is 7.86. The summed E-state index contributed by atoms with van der Waals surface area (Å²) >= 11 is 5.86. The molecule has 0 saturated carbocycles. The Morgan fingerprint density at radius 3 is 2.55 bits per heavy atom. The van der Waals surface area contributed by atoms with Crippen LogP contribution in [0.3, 0.4) is 0 Å². The lowest BCUT2D eigenvalue weighted by atomic mass is 9.88. The number of carbonyl (C=O) groups excluding carboxylic acids is 1. The Morgan fingerprint density at radius 1 is 1.55 bits per heavy atom. The number of nitrogens with one attached hydrogen (secondary N) is 1. The Kier molecular flexibility index (Phi) is 7.55. The molecule has 116 valence electrons. The van der Waals surface area contributed by atoms with Crippen molar-refractivity contribution in [3.8, 4) is 0 Å². The third-order valence-corrected chi connectivity index (χ3v) is 3.96. The van der Waals surface area contributed by atoms with Crippen LogP contribution in [0.15, 0.2) is 4.52 Å². The Labute approximate surface area is 131 Å². The molecule has 20 heavy (non-hydrogen) atoms. The molecule has 0 fully saturated rings. The summed E-state index contributed by atoms with van der Waals surface area (Å²) in [5.41, 5.74) is 6.86. The zero-order valence-corrected chi connectivity index (χ0v) is 13.9. The van der Waals surface area contributed by atoms with Gasteiger partial charge in [0.25, 0.3) is 0 Å². The molecule has 0 aliphatic heterocycles. The minimum absolute atomic E-state index is 0. The average Bonchev–Trinajstić information content (AvgIpc) is 2.66. The maximum Gasteiger partial charge on any atom is 0.229 e. The minimum atomic E-state index is -0.384. The molecule has 1 rings (SSSR count). The van der Waals surface area contributed by atoms with E-state index >= 15 is 0 Å². The second-order valence-corrected chi connectivity index (χ2v) is 5.69. The quantitative estimate of drug-likeness (QED) is 0.842. The summed E-state index contributed by atoms with van der Waals surface area (Å²) < 4.78 is 4.85. The predicted octanol–water partition coefficient (Wildman–Crippen LogP) is 2.48. The summed E-state index contributed by atoms with van der Waals surface area (Å²) in [6, 6.07) is 0. The molecule has 0 spiro atoms. The van der Waals surface area contributed by atoms with E-state index in [-0.39, 0.29) is 35.0 Å². The van der Waals surface area contributed by atoms with E-state index in [1.54, 1.807) is 6.92 Å². The van der Waals surface area contributed by atoms with Crippen LogP contribution < -0.4 is 11.1 Å². The normalized spacial score (nSPS) is 13.8. The molecular weight excluding hydrogens is 301 g/mol. The van der Waals surface area contributed by atoms with Gasteiger partial charge in [-0.1, -0.05) is 19.0 Å². The molecule has 3 N–H and O–H groups in total. The second-order valence-electron chi connectivity index (χ2n) is 5.34. The number of carbonyl (C=O) groups is 1. The van der Waals surface area contributed by atoms with E-state index < -0.39 is 0 Å². The van der Waals surface area contributed by atoms with Crippen molar-refractivity contribution in [1.82, 2.24) is 10.5 Å². The summed E-state index contributed by atoms with van der Waals surface area (Å²) in [5, 5.41) is 7.00. The van der Waals surface area contributed by atoms with E-state index in [1.165, 1.54) is 0 Å². The number of amides is 1. The molecular formula is C13H23Cl2N3O2. The van der Waals surface area contributed by atoms with Gasteiger partial charge in [0.1, 0.15) is 0 Å². The number of rotatable bonds is 6. The van der Waals surface area contributed by atoms with Crippen molar-refractivity contribution in [1.29, 1.82) is 0 Å². The first kappa shape index (κ1) is 19.2. The monoisotopic (exact) mass is 323 g/mol. The van der Waals surface area contributed by atoms with E-state index in [0.29, 0.717) is 19.4 Å². The first-order valence-electron chi connectivity index (χ1n) is 6.42. The largest absolute Gasteiger partial charge is 0.349 e. The van der Waals surface area contributed by atoms with Crippen LogP contribution in [0.2, 0.25) is 5.22 Å². The number of hydrogen-bond acceptors (Lipinski definition) is 4. The van der Waals surface area contributed by atoms with Crippen LogP contribution in [-0.4, -0.2) is 23.1 Å². The highest BCUT2D eigenvalue weighted by Gasteiger charge is 2.28. The van der Waals surface area contributed by atoms with Gasteiger partial charge in [-0.15, -0.1) is 12.4 Å². The van der Waals surface area contributed by atoms with Crippen LogP contribution in [-0.2, 0) is 11.2 Å². The lowest BCUT2D eigenvalue weighted by Gasteiger charge is -2.33. The molecule has 1 amide bonds. The van der Waals surface area contributed by atoms with Crippen molar-refractivity contribution < 1.29 is 9.32 Å². The summed E-state index contributed by atoms with van der Waals surface area (Å²) in [6.45, 7) is 8.24. The SMILES string of the molecule is Cc1noc(Cl)c1CCC(=O)NC(C)(CN)C(C)C.Cl. The Hall–Kier alpha value is -0.780. The maximum absolute atomic E-state index is 12.0. The summed E-state index contributed by atoms with van der Waals surface area (Å²) in [7, 11) is 0. The fourth-order valence-corrected chi connectivity index (χ4v) is 1.96. The van der Waals surface area contributed by atoms with E-state index in [0.717, 1.165) is 11.3 Å². The van der Waals surface area contributed by atoms with E-state index in [4.69, 9.17) is 21.9 Å². The summed E-state index contributed by atoms with van der Waals surface area (Å²) in [4.78, 5) is 12.0. The molecule has 0 aliphatic carbocycles. The van der Waals surface area contributed by atoms with Gasteiger partial charge in [-0.05, 0) is 37.8 Å². The van der Waals surface area contributed by atoms with E-state index in [1.807, 2.05) is 20.8 Å². The Balaban J connectivity index is 0.00000361. The molecule has 1 aromatic rings. The number of aryl methyl sites for hydroxylation is 1. The van der Waals surface area contributed by atoms with Gasteiger partial charge >= 0.3 is 0 Å². The van der Waals surface area contributed by atoms with Crippen LogP contribution in [0.25, 0.3) is 0 Å². The lowest BCUT2D eigenvalue weighted by Crippen LogP contribution is -2.55. The van der Waals surface area contributed by atoms with Gasteiger partial charge < -0.3 is 15.6 Å². The zero-order valence-electron chi connectivity index (χ0n) is 12.3. The molecule has 5 nitrogen and oxygen atoms in total. The van der Waals surface area contributed by atoms with E-state index in [2.05, 4.69) is 10.5 Å². The summed E-state index contributed by atoms with van der Waals surface area (Å²) in [5.74, 6) is 0.223. The van der Waals surface area contributed by atoms with Gasteiger partial charge in [-0.3, -0.25) is 4.79 Å². The van der Waals surface area contributed by atoms with Gasteiger partial charge in [0.15, 0.2) is 0 Å². The van der Waals surface area contributed by atoms with Crippen molar-refractivity contribution in [2.24, 2.45) is 11.7 Å². The molecule has 0 aliphatic rings. The summed E-state index contributed by atoms with van der Waals surface area (Å²) in [6.07, 6.45) is 0.850. The fraction of sp³-hybridized carbons (Fsp3) is 0.692. The van der Waals surface area contributed by atoms with Crippen molar-refractivity contribution in [2.75, 3.05) is 6.54 Å². The van der Waals surface area contributed by atoms with Gasteiger partial charge in [0.05, 0.1) is 11.2 Å². The fourth-order valence-electron chi connectivity index (χ4n) is 1.69. The highest BCUT2D eigenvalue weighted by molar-refractivity contribution is 6.29. The van der Waals surface area contributed by atoms with Crippen LogP contribution in [0.1, 0.15) is 38.4 Å². The number of hydrogen-bond donors (Lipinski definition) is 2. The number of nitrogens with two attached hydrogens (primary N) is 1. The van der Waals surface area contributed by atoms with Crippen molar-refractivity contribution in [3.05, 3.63) is 16.5 Å². The molecule has 7 heteroatoms. The number of aromatic nitrogens is 1. The highest BCUT2D eigenvalue weighted by Crippen LogP contribution is 2.21. The van der Waals surface area contributed by atoms with Gasteiger partial charge in [-0.25, -0.2) is 0 Å². The third-order valence-electron chi connectivity index (χ3n) is 3.66. The van der Waals surface area contributed by atoms with Gasteiger partial charge in [0.2, 0.25) is 11.1 Å². The lowest BCUT2D eigenvalue weighted by molar-refractivity contribution is -0.123. The average molecular weight is 324 g/mol. The van der Waals surface area contributed by atoms with Crippen molar-refractivity contribution in [3.63, 3.8) is 0 Å². The molecule has 1 heterocycles. The zero-order chi connectivity index (χ0) is 14.6.